The maximum Gasteiger partial charge on any atom is 0.242 e. The van der Waals surface area contributed by atoms with E-state index in [1.54, 1.807) is 12.4 Å². The number of carbonyl (C=O) groups is 1. The molecule has 104 valence electrons. The van der Waals surface area contributed by atoms with Crippen LogP contribution < -0.4 is 5.32 Å². The Hall–Kier alpha value is -1.42. The van der Waals surface area contributed by atoms with Crippen LogP contribution in [-0.2, 0) is 11.2 Å². The zero-order valence-electron chi connectivity index (χ0n) is 11.9. The number of nitrogens with zero attached hydrogens (tertiary/aromatic N) is 2. The smallest absolute Gasteiger partial charge is 0.242 e. The third kappa shape index (κ3) is 3.53. The van der Waals surface area contributed by atoms with E-state index in [4.69, 9.17) is 0 Å². The number of piperidine rings is 1. The van der Waals surface area contributed by atoms with Gasteiger partial charge in [-0.15, -0.1) is 0 Å². The summed E-state index contributed by atoms with van der Waals surface area (Å²) in [5.74, 6) is 0.209. The van der Waals surface area contributed by atoms with Crippen LogP contribution in [0.5, 0.6) is 0 Å². The first-order valence-electron chi connectivity index (χ1n) is 7.01. The Labute approximate surface area is 115 Å². The highest BCUT2D eigenvalue weighted by molar-refractivity contribution is 5.85. The van der Waals surface area contributed by atoms with Gasteiger partial charge in [-0.05, 0) is 56.8 Å². The molecule has 1 atom stereocenters. The molecule has 0 spiro atoms. The lowest BCUT2D eigenvalue weighted by atomic mass is 9.89. The Bertz CT molecular complexity index is 413. The number of carbonyl (C=O) groups excluding carboxylic acids is 1. The van der Waals surface area contributed by atoms with Crippen molar-refractivity contribution in [3.8, 4) is 0 Å². The Balaban J connectivity index is 1.88. The van der Waals surface area contributed by atoms with Gasteiger partial charge in [0.2, 0.25) is 5.91 Å². The topological polar surface area (TPSA) is 45.2 Å². The van der Waals surface area contributed by atoms with Gasteiger partial charge in [0.15, 0.2) is 0 Å². The van der Waals surface area contributed by atoms with Crippen molar-refractivity contribution in [2.75, 3.05) is 20.1 Å². The van der Waals surface area contributed by atoms with E-state index in [1.807, 2.05) is 31.0 Å². The molecule has 2 rings (SSSR count). The van der Waals surface area contributed by atoms with Crippen LogP contribution >= 0.6 is 0 Å². The molecule has 4 heteroatoms. The van der Waals surface area contributed by atoms with E-state index >= 15 is 0 Å². The molecule has 1 aromatic rings. The second kappa shape index (κ2) is 6.15. The molecule has 1 aromatic heterocycles. The van der Waals surface area contributed by atoms with Crippen molar-refractivity contribution >= 4 is 5.91 Å². The van der Waals surface area contributed by atoms with Gasteiger partial charge < -0.3 is 10.2 Å². The van der Waals surface area contributed by atoms with Crippen molar-refractivity contribution in [3.63, 3.8) is 0 Å². The van der Waals surface area contributed by atoms with Gasteiger partial charge in [-0.1, -0.05) is 0 Å². The molecule has 1 aliphatic rings. The Morgan fingerprint density at radius 3 is 2.79 bits per heavy atom. The summed E-state index contributed by atoms with van der Waals surface area (Å²) >= 11 is 0. The normalized spacial score (nSPS) is 23.1. The van der Waals surface area contributed by atoms with Gasteiger partial charge in [-0.3, -0.25) is 9.78 Å². The van der Waals surface area contributed by atoms with Crippen LogP contribution in [0.4, 0.5) is 0 Å². The van der Waals surface area contributed by atoms with Crippen molar-refractivity contribution in [2.45, 2.75) is 38.1 Å². The molecule has 1 fully saturated rings. The van der Waals surface area contributed by atoms with E-state index in [-0.39, 0.29) is 11.4 Å². The first-order valence-corrected chi connectivity index (χ1v) is 7.01. The van der Waals surface area contributed by atoms with E-state index in [0.717, 1.165) is 32.4 Å². The molecule has 0 bridgehead atoms. The number of hydrogen-bond acceptors (Lipinski definition) is 3. The number of hydrogen-bond donors (Lipinski definition) is 1. The van der Waals surface area contributed by atoms with Crippen LogP contribution in [0.2, 0.25) is 0 Å². The standard InChI is InChI=1S/C15H23N3O/c1-15(8-3-4-9-17-15)14(19)18(2)12-7-13-5-10-16-11-6-13/h5-6,10-11,17H,3-4,7-9,12H2,1-2H3. The molecule has 1 saturated heterocycles. The highest BCUT2D eigenvalue weighted by Crippen LogP contribution is 2.20. The lowest BCUT2D eigenvalue weighted by Gasteiger charge is -2.36. The van der Waals surface area contributed by atoms with Crippen LogP contribution in [0.15, 0.2) is 24.5 Å². The Kier molecular flexibility index (Phi) is 4.53. The van der Waals surface area contributed by atoms with Crippen molar-refractivity contribution in [3.05, 3.63) is 30.1 Å². The fourth-order valence-corrected chi connectivity index (χ4v) is 2.61. The van der Waals surface area contributed by atoms with Gasteiger partial charge in [0, 0.05) is 26.0 Å². The van der Waals surface area contributed by atoms with E-state index in [9.17, 15) is 4.79 Å². The summed E-state index contributed by atoms with van der Waals surface area (Å²) in [5.41, 5.74) is 0.849. The average Bonchev–Trinajstić information content (AvgIpc) is 2.46. The number of aromatic nitrogens is 1. The molecule has 2 heterocycles. The largest absolute Gasteiger partial charge is 0.344 e. The lowest BCUT2D eigenvalue weighted by Crippen LogP contribution is -2.57. The third-order valence-electron chi connectivity index (χ3n) is 3.92. The van der Waals surface area contributed by atoms with Crippen molar-refractivity contribution in [2.24, 2.45) is 0 Å². The fourth-order valence-electron chi connectivity index (χ4n) is 2.61. The molecular formula is C15H23N3O. The molecule has 0 aromatic carbocycles. The maximum absolute atomic E-state index is 12.5. The minimum absolute atomic E-state index is 0.209. The van der Waals surface area contributed by atoms with Crippen LogP contribution in [0.1, 0.15) is 31.7 Å². The van der Waals surface area contributed by atoms with Gasteiger partial charge >= 0.3 is 0 Å². The molecule has 19 heavy (non-hydrogen) atoms. The van der Waals surface area contributed by atoms with Crippen molar-refractivity contribution in [1.82, 2.24) is 15.2 Å². The van der Waals surface area contributed by atoms with Crippen LogP contribution in [0.3, 0.4) is 0 Å². The van der Waals surface area contributed by atoms with Gasteiger partial charge in [-0.25, -0.2) is 0 Å². The van der Waals surface area contributed by atoms with E-state index in [0.29, 0.717) is 0 Å². The average molecular weight is 261 g/mol. The highest BCUT2D eigenvalue weighted by Gasteiger charge is 2.36. The molecule has 1 amide bonds. The number of rotatable bonds is 4. The monoisotopic (exact) mass is 261 g/mol. The predicted molar refractivity (Wildman–Crippen MR) is 75.8 cm³/mol. The first-order chi connectivity index (χ1) is 9.12. The van der Waals surface area contributed by atoms with Crippen LogP contribution in [0.25, 0.3) is 0 Å². The predicted octanol–water partition coefficient (Wildman–Crippen LogP) is 1.61. The molecule has 0 aliphatic carbocycles. The number of nitrogens with one attached hydrogen (secondary N) is 1. The number of pyridine rings is 1. The molecule has 0 radical (unpaired) electrons. The van der Waals surface area contributed by atoms with Gasteiger partial charge in [0.05, 0.1) is 5.54 Å². The molecule has 1 N–H and O–H groups in total. The minimum atomic E-state index is -0.370. The zero-order chi connectivity index (χ0) is 13.7. The molecule has 0 saturated carbocycles. The summed E-state index contributed by atoms with van der Waals surface area (Å²) in [5, 5.41) is 3.37. The second-order valence-electron chi connectivity index (χ2n) is 5.55. The summed E-state index contributed by atoms with van der Waals surface area (Å²) in [6, 6.07) is 4.00. The van der Waals surface area contributed by atoms with Gasteiger partial charge in [0.1, 0.15) is 0 Å². The summed E-state index contributed by atoms with van der Waals surface area (Å²) in [4.78, 5) is 18.3. The summed E-state index contributed by atoms with van der Waals surface area (Å²) < 4.78 is 0. The maximum atomic E-state index is 12.5. The molecule has 1 unspecified atom stereocenters. The van der Waals surface area contributed by atoms with Crippen molar-refractivity contribution < 1.29 is 4.79 Å². The van der Waals surface area contributed by atoms with Gasteiger partial charge in [0.25, 0.3) is 0 Å². The number of amides is 1. The molecule has 1 aliphatic heterocycles. The lowest BCUT2D eigenvalue weighted by molar-refractivity contribution is -0.137. The molecule has 4 nitrogen and oxygen atoms in total. The van der Waals surface area contributed by atoms with E-state index < -0.39 is 0 Å². The van der Waals surface area contributed by atoms with Gasteiger partial charge in [-0.2, -0.15) is 0 Å². The fraction of sp³-hybridized carbons (Fsp3) is 0.600. The van der Waals surface area contributed by atoms with Crippen molar-refractivity contribution in [1.29, 1.82) is 0 Å². The van der Waals surface area contributed by atoms with E-state index in [2.05, 4.69) is 10.3 Å². The zero-order valence-corrected chi connectivity index (χ0v) is 11.9. The first kappa shape index (κ1) is 14.0. The third-order valence-corrected chi connectivity index (χ3v) is 3.92. The highest BCUT2D eigenvalue weighted by atomic mass is 16.2. The Morgan fingerprint density at radius 2 is 2.16 bits per heavy atom. The second-order valence-corrected chi connectivity index (χ2v) is 5.55. The Morgan fingerprint density at radius 1 is 1.42 bits per heavy atom. The summed E-state index contributed by atoms with van der Waals surface area (Å²) in [7, 11) is 1.89. The summed E-state index contributed by atoms with van der Waals surface area (Å²) in [6.07, 6.45) is 7.70. The minimum Gasteiger partial charge on any atom is -0.344 e. The van der Waals surface area contributed by atoms with E-state index in [1.165, 1.54) is 12.0 Å². The number of likely N-dealkylation sites (N-methyl/N-ethyl adjacent to an activating group) is 1. The van der Waals surface area contributed by atoms with Crippen LogP contribution in [-0.4, -0.2) is 41.5 Å². The SMILES string of the molecule is CN(CCc1ccncc1)C(=O)C1(C)CCCCN1. The molecular weight excluding hydrogens is 238 g/mol. The van der Waals surface area contributed by atoms with Crippen LogP contribution in [0, 0.1) is 0 Å². The quantitative estimate of drug-likeness (QED) is 0.895. The summed E-state index contributed by atoms with van der Waals surface area (Å²) in [6.45, 7) is 3.72.